The first kappa shape index (κ1) is 11.1. The van der Waals surface area contributed by atoms with Crippen LogP contribution in [0.3, 0.4) is 0 Å². The second-order valence-electron chi connectivity index (χ2n) is 3.58. The summed E-state index contributed by atoms with van der Waals surface area (Å²) in [5.41, 5.74) is 3.39. The van der Waals surface area contributed by atoms with E-state index in [4.69, 9.17) is 0 Å². The van der Waals surface area contributed by atoms with Crippen LogP contribution in [-0.2, 0) is 6.54 Å². The molecule has 0 spiro atoms. The van der Waals surface area contributed by atoms with E-state index in [2.05, 4.69) is 38.4 Å². The predicted octanol–water partition coefficient (Wildman–Crippen LogP) is 3.76. The highest BCUT2D eigenvalue weighted by atomic mass is 79.9. The lowest BCUT2D eigenvalue weighted by Crippen LogP contribution is -2.02. The van der Waals surface area contributed by atoms with E-state index in [9.17, 15) is 0 Å². The molecule has 0 fully saturated rings. The van der Waals surface area contributed by atoms with Crippen LogP contribution in [0, 0.1) is 6.92 Å². The first-order valence-electron chi connectivity index (χ1n) is 5.16. The van der Waals surface area contributed by atoms with Crippen molar-refractivity contribution in [2.75, 3.05) is 5.32 Å². The minimum atomic E-state index is 0.794. The molecule has 0 saturated heterocycles. The first-order chi connectivity index (χ1) is 7.77. The standard InChI is InChI=1S/C13H13BrN2/c1-10-11(5-4-8-15-10)9-16-13-7-3-2-6-12(13)14/h2-8,16H,9H2,1H3. The molecule has 0 atom stereocenters. The molecule has 0 amide bonds. The quantitative estimate of drug-likeness (QED) is 0.923. The maximum absolute atomic E-state index is 4.26. The number of benzene rings is 1. The van der Waals surface area contributed by atoms with E-state index in [1.54, 1.807) is 0 Å². The summed E-state index contributed by atoms with van der Waals surface area (Å²) >= 11 is 3.51. The summed E-state index contributed by atoms with van der Waals surface area (Å²) in [5, 5.41) is 3.38. The fourth-order valence-electron chi connectivity index (χ4n) is 1.50. The zero-order valence-corrected chi connectivity index (χ0v) is 10.7. The number of aryl methyl sites for hydroxylation is 1. The van der Waals surface area contributed by atoms with Crippen LogP contribution in [0.25, 0.3) is 0 Å². The third-order valence-corrected chi connectivity index (χ3v) is 3.15. The Labute approximate surface area is 104 Å². The second-order valence-corrected chi connectivity index (χ2v) is 4.44. The number of pyridine rings is 1. The summed E-state index contributed by atoms with van der Waals surface area (Å²) in [5.74, 6) is 0. The molecule has 2 rings (SSSR count). The van der Waals surface area contributed by atoms with Gasteiger partial charge < -0.3 is 5.32 Å². The number of nitrogens with zero attached hydrogens (tertiary/aromatic N) is 1. The van der Waals surface area contributed by atoms with Crippen molar-refractivity contribution in [1.29, 1.82) is 0 Å². The Morgan fingerprint density at radius 2 is 2.00 bits per heavy atom. The number of aromatic nitrogens is 1. The van der Waals surface area contributed by atoms with Crippen molar-refractivity contribution in [2.45, 2.75) is 13.5 Å². The Morgan fingerprint density at radius 3 is 2.75 bits per heavy atom. The lowest BCUT2D eigenvalue weighted by molar-refractivity contribution is 1.05. The predicted molar refractivity (Wildman–Crippen MR) is 70.4 cm³/mol. The van der Waals surface area contributed by atoms with Crippen molar-refractivity contribution < 1.29 is 0 Å². The number of hydrogen-bond acceptors (Lipinski definition) is 2. The van der Waals surface area contributed by atoms with Crippen LogP contribution in [-0.4, -0.2) is 4.98 Å². The molecule has 2 nitrogen and oxygen atoms in total. The third-order valence-electron chi connectivity index (χ3n) is 2.46. The van der Waals surface area contributed by atoms with Gasteiger partial charge in [0.1, 0.15) is 0 Å². The Bertz CT molecular complexity index is 437. The van der Waals surface area contributed by atoms with Gasteiger partial charge in [-0.3, -0.25) is 4.98 Å². The average molecular weight is 277 g/mol. The minimum absolute atomic E-state index is 0.794. The summed E-state index contributed by atoms with van der Waals surface area (Å²) in [7, 11) is 0. The minimum Gasteiger partial charge on any atom is -0.380 e. The van der Waals surface area contributed by atoms with E-state index < -0.39 is 0 Å². The Morgan fingerprint density at radius 1 is 1.19 bits per heavy atom. The molecular weight excluding hydrogens is 264 g/mol. The highest BCUT2D eigenvalue weighted by Gasteiger charge is 2.00. The molecule has 1 N–H and O–H groups in total. The zero-order chi connectivity index (χ0) is 11.4. The van der Waals surface area contributed by atoms with E-state index in [-0.39, 0.29) is 0 Å². The van der Waals surface area contributed by atoms with Gasteiger partial charge in [-0.2, -0.15) is 0 Å². The molecule has 0 saturated carbocycles. The Balaban J connectivity index is 2.09. The molecule has 0 aliphatic carbocycles. The fraction of sp³-hybridized carbons (Fsp3) is 0.154. The van der Waals surface area contributed by atoms with Crippen LogP contribution in [0.4, 0.5) is 5.69 Å². The van der Waals surface area contributed by atoms with Gasteiger partial charge in [0.25, 0.3) is 0 Å². The lowest BCUT2D eigenvalue weighted by Gasteiger charge is -2.09. The number of para-hydroxylation sites is 1. The van der Waals surface area contributed by atoms with Gasteiger partial charge in [-0.25, -0.2) is 0 Å². The zero-order valence-electron chi connectivity index (χ0n) is 9.07. The topological polar surface area (TPSA) is 24.9 Å². The molecule has 82 valence electrons. The molecule has 0 aliphatic rings. The summed E-state index contributed by atoms with van der Waals surface area (Å²) in [6.45, 7) is 2.82. The molecule has 0 radical (unpaired) electrons. The summed E-state index contributed by atoms with van der Waals surface area (Å²) in [6, 6.07) is 12.2. The SMILES string of the molecule is Cc1ncccc1CNc1ccccc1Br. The van der Waals surface area contributed by atoms with E-state index in [1.165, 1.54) is 5.56 Å². The highest BCUT2D eigenvalue weighted by molar-refractivity contribution is 9.10. The maximum Gasteiger partial charge on any atom is 0.0487 e. The van der Waals surface area contributed by atoms with Crippen molar-refractivity contribution in [3.8, 4) is 0 Å². The largest absolute Gasteiger partial charge is 0.380 e. The third kappa shape index (κ3) is 2.61. The van der Waals surface area contributed by atoms with Crippen molar-refractivity contribution in [3.05, 3.63) is 58.3 Å². The Hall–Kier alpha value is -1.35. The molecular formula is C13H13BrN2. The molecule has 3 heteroatoms. The van der Waals surface area contributed by atoms with Crippen LogP contribution in [0.2, 0.25) is 0 Å². The number of rotatable bonds is 3. The van der Waals surface area contributed by atoms with Gasteiger partial charge in [0, 0.05) is 28.6 Å². The molecule has 2 aromatic rings. The summed E-state index contributed by atoms with van der Waals surface area (Å²) < 4.78 is 1.08. The molecule has 16 heavy (non-hydrogen) atoms. The second kappa shape index (κ2) is 5.12. The summed E-state index contributed by atoms with van der Waals surface area (Å²) in [4.78, 5) is 4.26. The summed E-state index contributed by atoms with van der Waals surface area (Å²) in [6.07, 6.45) is 1.82. The van der Waals surface area contributed by atoms with E-state index in [0.29, 0.717) is 0 Å². The van der Waals surface area contributed by atoms with Gasteiger partial charge >= 0.3 is 0 Å². The van der Waals surface area contributed by atoms with Crippen LogP contribution >= 0.6 is 15.9 Å². The highest BCUT2D eigenvalue weighted by Crippen LogP contribution is 2.21. The molecule has 1 aromatic carbocycles. The monoisotopic (exact) mass is 276 g/mol. The van der Waals surface area contributed by atoms with Gasteiger partial charge in [-0.15, -0.1) is 0 Å². The van der Waals surface area contributed by atoms with Crippen molar-refractivity contribution >= 4 is 21.6 Å². The van der Waals surface area contributed by atoms with Gasteiger partial charge in [0.2, 0.25) is 0 Å². The van der Waals surface area contributed by atoms with Crippen LogP contribution in [0.5, 0.6) is 0 Å². The van der Waals surface area contributed by atoms with Crippen LogP contribution in [0.1, 0.15) is 11.3 Å². The molecule has 0 aliphatic heterocycles. The van der Waals surface area contributed by atoms with Gasteiger partial charge in [0.05, 0.1) is 0 Å². The molecule has 0 unspecified atom stereocenters. The lowest BCUT2D eigenvalue weighted by atomic mass is 10.2. The van der Waals surface area contributed by atoms with E-state index in [0.717, 1.165) is 22.4 Å². The molecule has 1 heterocycles. The van der Waals surface area contributed by atoms with Crippen molar-refractivity contribution in [3.63, 3.8) is 0 Å². The van der Waals surface area contributed by atoms with Gasteiger partial charge in [0.15, 0.2) is 0 Å². The molecule has 0 bridgehead atoms. The van der Waals surface area contributed by atoms with E-state index in [1.807, 2.05) is 37.4 Å². The molecule has 1 aromatic heterocycles. The average Bonchev–Trinajstić information content (AvgIpc) is 2.30. The van der Waals surface area contributed by atoms with Gasteiger partial charge in [-0.1, -0.05) is 18.2 Å². The van der Waals surface area contributed by atoms with E-state index >= 15 is 0 Å². The van der Waals surface area contributed by atoms with Crippen molar-refractivity contribution in [1.82, 2.24) is 4.98 Å². The van der Waals surface area contributed by atoms with Gasteiger partial charge in [-0.05, 0) is 46.6 Å². The van der Waals surface area contributed by atoms with Crippen molar-refractivity contribution in [2.24, 2.45) is 0 Å². The van der Waals surface area contributed by atoms with Crippen LogP contribution < -0.4 is 5.32 Å². The Kier molecular flexibility index (Phi) is 3.57. The normalized spacial score (nSPS) is 10.1. The first-order valence-corrected chi connectivity index (χ1v) is 5.95. The number of hydrogen-bond donors (Lipinski definition) is 1. The fourth-order valence-corrected chi connectivity index (χ4v) is 1.92. The number of anilines is 1. The smallest absolute Gasteiger partial charge is 0.0487 e. The maximum atomic E-state index is 4.26. The number of nitrogens with one attached hydrogen (secondary N) is 1. The number of halogens is 1. The van der Waals surface area contributed by atoms with Crippen LogP contribution in [0.15, 0.2) is 47.1 Å².